The molecule has 0 spiro atoms. The first-order valence-electron chi connectivity index (χ1n) is 10.2. The average molecular weight is 467 g/mol. The predicted molar refractivity (Wildman–Crippen MR) is 128 cm³/mol. The van der Waals surface area contributed by atoms with Crippen LogP contribution in [0, 0.1) is 5.82 Å². The molecule has 7 heteroatoms. The summed E-state index contributed by atoms with van der Waals surface area (Å²) >= 11 is 7.90. The molecule has 4 nitrogen and oxygen atoms in total. The van der Waals surface area contributed by atoms with E-state index in [0.29, 0.717) is 10.9 Å². The molecule has 0 radical (unpaired) electrons. The van der Waals surface area contributed by atoms with Gasteiger partial charge in [-0.05, 0) is 77.8 Å². The summed E-state index contributed by atoms with van der Waals surface area (Å²) in [5, 5.41) is 15.7. The summed E-state index contributed by atoms with van der Waals surface area (Å²) in [6.07, 6.45) is 2.74. The number of benzene rings is 3. The lowest BCUT2D eigenvalue weighted by atomic mass is 9.68. The molecule has 3 aromatic carbocycles. The molecule has 0 atom stereocenters. The van der Waals surface area contributed by atoms with Gasteiger partial charge in [-0.25, -0.2) is 4.39 Å². The van der Waals surface area contributed by atoms with Crippen LogP contribution in [-0.2, 0) is 4.79 Å². The van der Waals surface area contributed by atoms with Crippen molar-refractivity contribution in [2.75, 3.05) is 0 Å². The molecule has 1 aliphatic carbocycles. The van der Waals surface area contributed by atoms with Crippen LogP contribution in [0.2, 0.25) is 5.02 Å². The summed E-state index contributed by atoms with van der Waals surface area (Å²) in [6.45, 7) is 5.49. The fourth-order valence-corrected chi connectivity index (χ4v) is 5.97. The highest BCUT2D eigenvalue weighted by molar-refractivity contribution is 7.07. The third kappa shape index (κ3) is 3.34. The SMILES string of the molecule is C=CC(=O)NC1(C)CC(c2snc3c(F)c(-c4cc(O)cc5ccccc45)c(Cl)cc23)C1. The Balaban J connectivity index is 1.57. The average Bonchev–Trinajstić information content (AvgIpc) is 3.15. The van der Waals surface area contributed by atoms with Crippen molar-refractivity contribution >= 4 is 50.7 Å². The van der Waals surface area contributed by atoms with E-state index in [4.69, 9.17) is 11.6 Å². The molecule has 0 saturated heterocycles. The maximum absolute atomic E-state index is 15.8. The van der Waals surface area contributed by atoms with Gasteiger partial charge in [-0.2, -0.15) is 4.37 Å². The molecule has 162 valence electrons. The summed E-state index contributed by atoms with van der Waals surface area (Å²) in [6, 6.07) is 12.4. The Hall–Kier alpha value is -2.96. The third-order valence-electron chi connectivity index (χ3n) is 6.18. The zero-order chi connectivity index (χ0) is 22.6. The van der Waals surface area contributed by atoms with E-state index in [0.717, 1.165) is 28.5 Å². The number of amides is 1. The lowest BCUT2D eigenvalue weighted by Crippen LogP contribution is -2.53. The van der Waals surface area contributed by atoms with Crippen LogP contribution in [0.1, 0.15) is 30.6 Å². The van der Waals surface area contributed by atoms with Crippen molar-refractivity contribution < 1.29 is 14.3 Å². The van der Waals surface area contributed by atoms with Crippen molar-refractivity contribution in [3.05, 3.63) is 70.8 Å². The zero-order valence-corrected chi connectivity index (χ0v) is 18.9. The Kier molecular flexibility index (Phi) is 4.95. The molecule has 1 aromatic heterocycles. The van der Waals surface area contributed by atoms with Crippen molar-refractivity contribution in [1.82, 2.24) is 9.69 Å². The number of fused-ring (bicyclic) bond motifs is 2. The fraction of sp³-hybridized carbons (Fsp3) is 0.200. The van der Waals surface area contributed by atoms with E-state index in [-0.39, 0.29) is 39.2 Å². The van der Waals surface area contributed by atoms with E-state index < -0.39 is 5.82 Å². The number of halogens is 2. The van der Waals surface area contributed by atoms with Crippen molar-refractivity contribution in [2.45, 2.75) is 31.2 Å². The largest absolute Gasteiger partial charge is 0.508 e. The van der Waals surface area contributed by atoms with Gasteiger partial charge >= 0.3 is 0 Å². The second-order valence-corrected chi connectivity index (χ2v) is 9.78. The topological polar surface area (TPSA) is 62.2 Å². The van der Waals surface area contributed by atoms with Gasteiger partial charge in [-0.15, -0.1) is 0 Å². The monoisotopic (exact) mass is 466 g/mol. The fourth-order valence-electron chi connectivity index (χ4n) is 4.74. The number of aromatic nitrogens is 1. The van der Waals surface area contributed by atoms with E-state index >= 15 is 4.39 Å². The van der Waals surface area contributed by atoms with Gasteiger partial charge in [0.05, 0.1) is 5.02 Å². The van der Waals surface area contributed by atoms with Crippen LogP contribution in [0.3, 0.4) is 0 Å². The van der Waals surface area contributed by atoms with Crippen LogP contribution >= 0.6 is 23.1 Å². The van der Waals surface area contributed by atoms with Gasteiger partial charge in [0.15, 0.2) is 5.82 Å². The molecular weight excluding hydrogens is 447 g/mol. The minimum Gasteiger partial charge on any atom is -0.508 e. The minimum absolute atomic E-state index is 0.0450. The third-order valence-corrected chi connectivity index (χ3v) is 7.51. The second-order valence-electron chi connectivity index (χ2n) is 8.56. The maximum Gasteiger partial charge on any atom is 0.243 e. The first-order valence-corrected chi connectivity index (χ1v) is 11.4. The molecule has 1 heterocycles. The molecule has 5 rings (SSSR count). The lowest BCUT2D eigenvalue weighted by Gasteiger charge is -2.45. The standard InChI is InChI=1S/C25H20ClFN2O2S/c1-3-20(31)28-25(2)11-14(12-25)24-18-10-19(26)21(22(27)23(18)29-32-24)17-9-15(30)8-13-6-4-5-7-16(13)17/h3-10,14,30H,1,11-12H2,2H3,(H,28,31). The normalized spacial score (nSPS) is 20.3. The van der Waals surface area contributed by atoms with Gasteiger partial charge in [0.1, 0.15) is 11.3 Å². The van der Waals surface area contributed by atoms with Crippen molar-refractivity contribution in [2.24, 2.45) is 0 Å². The Morgan fingerprint density at radius 3 is 2.81 bits per heavy atom. The molecule has 1 fully saturated rings. The number of nitrogens with zero attached hydrogens (tertiary/aromatic N) is 1. The van der Waals surface area contributed by atoms with Gasteiger partial charge in [0, 0.05) is 21.4 Å². The van der Waals surface area contributed by atoms with Crippen molar-refractivity contribution in [3.8, 4) is 16.9 Å². The lowest BCUT2D eigenvalue weighted by molar-refractivity contribution is -0.119. The minimum atomic E-state index is -0.493. The number of nitrogens with one attached hydrogen (secondary N) is 1. The molecule has 0 aliphatic heterocycles. The van der Waals surface area contributed by atoms with Crippen LogP contribution in [0.5, 0.6) is 5.75 Å². The second kappa shape index (κ2) is 7.57. The number of phenols is 1. The molecule has 1 amide bonds. The highest BCUT2D eigenvalue weighted by atomic mass is 35.5. The Bertz CT molecular complexity index is 1410. The quantitative estimate of drug-likeness (QED) is 0.335. The number of rotatable bonds is 4. The number of carbonyl (C=O) groups excluding carboxylic acids is 1. The molecule has 32 heavy (non-hydrogen) atoms. The van der Waals surface area contributed by atoms with Gasteiger partial charge in [-0.3, -0.25) is 4.79 Å². The summed E-state index contributed by atoms with van der Waals surface area (Å²) < 4.78 is 20.2. The first-order chi connectivity index (χ1) is 15.3. The molecule has 1 saturated carbocycles. The number of phenolic OH excluding ortho intramolecular Hbond substituents is 1. The van der Waals surface area contributed by atoms with E-state index in [9.17, 15) is 9.90 Å². The molecule has 1 aliphatic rings. The van der Waals surface area contributed by atoms with Gasteiger partial charge in [0.25, 0.3) is 0 Å². The van der Waals surface area contributed by atoms with E-state index in [2.05, 4.69) is 16.3 Å². The van der Waals surface area contributed by atoms with E-state index in [1.54, 1.807) is 12.1 Å². The first kappa shape index (κ1) is 20.9. The smallest absolute Gasteiger partial charge is 0.243 e. The number of carbonyl (C=O) groups is 1. The van der Waals surface area contributed by atoms with Crippen LogP contribution in [0.4, 0.5) is 4.39 Å². The molecule has 0 unspecified atom stereocenters. The van der Waals surface area contributed by atoms with Gasteiger partial charge in [0.2, 0.25) is 5.91 Å². The maximum atomic E-state index is 15.8. The molecule has 4 aromatic rings. The highest BCUT2D eigenvalue weighted by Gasteiger charge is 2.43. The molecule has 2 N–H and O–H groups in total. The van der Waals surface area contributed by atoms with Crippen LogP contribution < -0.4 is 5.32 Å². The van der Waals surface area contributed by atoms with Crippen molar-refractivity contribution in [3.63, 3.8) is 0 Å². The summed E-state index contributed by atoms with van der Waals surface area (Å²) in [4.78, 5) is 12.7. The van der Waals surface area contributed by atoms with Crippen molar-refractivity contribution in [1.29, 1.82) is 0 Å². The van der Waals surface area contributed by atoms with Crippen LogP contribution in [0.25, 0.3) is 32.8 Å². The summed E-state index contributed by atoms with van der Waals surface area (Å²) in [5.41, 5.74) is 0.734. The summed E-state index contributed by atoms with van der Waals surface area (Å²) in [7, 11) is 0. The predicted octanol–water partition coefficient (Wildman–Crippen LogP) is 6.55. The molecular formula is C25H20ClFN2O2S. The molecule has 0 bridgehead atoms. The van der Waals surface area contributed by atoms with E-state index in [1.165, 1.54) is 23.7 Å². The zero-order valence-electron chi connectivity index (χ0n) is 17.3. The Labute approximate surface area is 193 Å². The number of hydrogen-bond acceptors (Lipinski definition) is 4. The van der Waals surface area contributed by atoms with Gasteiger partial charge in [-0.1, -0.05) is 42.4 Å². The van der Waals surface area contributed by atoms with Crippen LogP contribution in [-0.4, -0.2) is 20.9 Å². The summed E-state index contributed by atoms with van der Waals surface area (Å²) in [5.74, 6) is -0.475. The Morgan fingerprint density at radius 1 is 1.31 bits per heavy atom. The number of hydrogen-bond donors (Lipinski definition) is 2. The van der Waals surface area contributed by atoms with Crippen LogP contribution in [0.15, 0.2) is 55.1 Å². The van der Waals surface area contributed by atoms with Gasteiger partial charge < -0.3 is 10.4 Å². The highest BCUT2D eigenvalue weighted by Crippen LogP contribution is 2.50. The van der Waals surface area contributed by atoms with E-state index in [1.807, 2.05) is 31.2 Å². The number of aromatic hydroxyl groups is 1. The Morgan fingerprint density at radius 2 is 2.06 bits per heavy atom.